The number of Topliss-reactive ketones (excluding diaryl/α,β-unsaturated/α-hetero) is 1. The van der Waals surface area contributed by atoms with E-state index < -0.39 is 11.7 Å². The number of likely N-dealkylation sites (tertiary alicyclic amines) is 1. The normalized spacial score (nSPS) is 22.9. The summed E-state index contributed by atoms with van der Waals surface area (Å²) < 4.78 is 33.2. The van der Waals surface area contributed by atoms with Crippen LogP contribution in [0.3, 0.4) is 0 Å². The van der Waals surface area contributed by atoms with E-state index in [1.54, 1.807) is 0 Å². The standard InChI is InChI=1S/C13H24N2O.C4H5F3.C4H8/c1-10(2)15-6-4-13(5-7-15)11(3)8-14-9-12(13)16;1-3(2)4(5,6)7;1-3-4-2/h10-11,14H,4-9H2,1-3H3;1H2,2H3;3-4H,1-2H3/b;;4-3-. The highest BCUT2D eigenvalue weighted by Gasteiger charge is 2.46. The van der Waals surface area contributed by atoms with E-state index in [0.717, 1.165) is 39.4 Å². The first-order chi connectivity index (χ1) is 12.4. The van der Waals surface area contributed by atoms with E-state index in [4.69, 9.17) is 0 Å². The molecule has 0 amide bonds. The fraction of sp³-hybridized carbons (Fsp3) is 0.762. The number of halogens is 3. The Labute approximate surface area is 163 Å². The molecule has 3 nitrogen and oxygen atoms in total. The van der Waals surface area contributed by atoms with Crippen LogP contribution in [0.2, 0.25) is 0 Å². The molecule has 1 spiro atoms. The summed E-state index contributed by atoms with van der Waals surface area (Å²) in [6.07, 6.45) is 1.93. The number of nitrogens with zero attached hydrogens (tertiary/aromatic N) is 1. The molecule has 1 N–H and O–H groups in total. The number of hydrogen-bond acceptors (Lipinski definition) is 3. The van der Waals surface area contributed by atoms with Crippen molar-refractivity contribution in [2.45, 2.75) is 66.6 Å². The summed E-state index contributed by atoms with van der Waals surface area (Å²) in [5.41, 5.74) is -0.760. The summed E-state index contributed by atoms with van der Waals surface area (Å²) in [6, 6.07) is 0.615. The maximum Gasteiger partial charge on any atom is 0.411 e. The van der Waals surface area contributed by atoms with Crippen molar-refractivity contribution in [3.05, 3.63) is 24.3 Å². The number of rotatable bonds is 1. The van der Waals surface area contributed by atoms with Gasteiger partial charge >= 0.3 is 6.18 Å². The van der Waals surface area contributed by atoms with Gasteiger partial charge in [-0.2, -0.15) is 13.2 Å². The molecule has 2 fully saturated rings. The van der Waals surface area contributed by atoms with Crippen molar-refractivity contribution >= 4 is 5.78 Å². The Balaban J connectivity index is 0.000000514. The summed E-state index contributed by atoms with van der Waals surface area (Å²) in [6.45, 7) is 18.1. The largest absolute Gasteiger partial charge is 0.411 e. The van der Waals surface area contributed by atoms with Crippen LogP contribution in [0.15, 0.2) is 24.3 Å². The highest BCUT2D eigenvalue weighted by molar-refractivity contribution is 5.87. The Morgan fingerprint density at radius 2 is 1.70 bits per heavy atom. The highest BCUT2D eigenvalue weighted by atomic mass is 19.4. The van der Waals surface area contributed by atoms with Crippen molar-refractivity contribution in [1.82, 2.24) is 10.2 Å². The SMILES string of the molecule is C/C=C\C.C=C(C)C(F)(F)F.CC(C)N1CCC2(CC1)C(=O)CNCC2C. The quantitative estimate of drug-likeness (QED) is 0.640. The highest BCUT2D eigenvalue weighted by Crippen LogP contribution is 2.41. The minimum Gasteiger partial charge on any atom is -0.310 e. The number of piperidine rings is 2. The molecule has 2 heterocycles. The topological polar surface area (TPSA) is 32.3 Å². The number of allylic oxidation sites excluding steroid dienone is 3. The van der Waals surface area contributed by atoms with Gasteiger partial charge in [0, 0.05) is 17.0 Å². The van der Waals surface area contributed by atoms with Crippen LogP contribution in [-0.4, -0.2) is 49.1 Å². The number of carbonyl (C=O) groups is 1. The van der Waals surface area contributed by atoms with E-state index in [2.05, 4.69) is 37.6 Å². The second-order valence-corrected chi connectivity index (χ2v) is 7.69. The van der Waals surface area contributed by atoms with Gasteiger partial charge in [0.15, 0.2) is 5.78 Å². The first kappa shape index (κ1) is 25.9. The van der Waals surface area contributed by atoms with Gasteiger partial charge in [-0.25, -0.2) is 0 Å². The Bertz CT molecular complexity index is 486. The first-order valence-electron chi connectivity index (χ1n) is 9.70. The molecule has 2 saturated heterocycles. The molecule has 2 rings (SSSR count). The van der Waals surface area contributed by atoms with Gasteiger partial charge < -0.3 is 10.2 Å². The fourth-order valence-electron chi connectivity index (χ4n) is 3.26. The monoisotopic (exact) mass is 390 g/mol. The lowest BCUT2D eigenvalue weighted by Gasteiger charge is -2.47. The Kier molecular flexibility index (Phi) is 11.2. The first-order valence-corrected chi connectivity index (χ1v) is 9.70. The molecule has 1 unspecified atom stereocenters. The van der Waals surface area contributed by atoms with Crippen LogP contribution in [0.4, 0.5) is 13.2 Å². The van der Waals surface area contributed by atoms with Crippen molar-refractivity contribution in [3.8, 4) is 0 Å². The van der Waals surface area contributed by atoms with Crippen LogP contribution in [0.25, 0.3) is 0 Å². The zero-order valence-electron chi connectivity index (χ0n) is 17.7. The van der Waals surface area contributed by atoms with E-state index >= 15 is 0 Å². The molecule has 27 heavy (non-hydrogen) atoms. The molecule has 1 atom stereocenters. The van der Waals surface area contributed by atoms with Crippen LogP contribution < -0.4 is 5.32 Å². The third-order valence-corrected chi connectivity index (χ3v) is 5.47. The van der Waals surface area contributed by atoms with Crippen molar-refractivity contribution in [3.63, 3.8) is 0 Å². The Hall–Kier alpha value is -1.14. The summed E-state index contributed by atoms with van der Waals surface area (Å²) in [5.74, 6) is 0.956. The molecule has 0 aliphatic carbocycles. The van der Waals surface area contributed by atoms with Gasteiger partial charge in [0.25, 0.3) is 0 Å². The number of nitrogens with one attached hydrogen (secondary N) is 1. The third kappa shape index (κ3) is 8.18. The van der Waals surface area contributed by atoms with E-state index in [9.17, 15) is 18.0 Å². The number of ketones is 1. The van der Waals surface area contributed by atoms with Gasteiger partial charge in [-0.15, -0.1) is 0 Å². The summed E-state index contributed by atoms with van der Waals surface area (Å²) in [7, 11) is 0. The molecule has 0 bridgehead atoms. The number of carbonyl (C=O) groups excluding carboxylic acids is 1. The lowest BCUT2D eigenvalue weighted by atomic mass is 9.64. The maximum absolute atomic E-state index is 12.2. The van der Waals surface area contributed by atoms with Crippen LogP contribution in [-0.2, 0) is 4.79 Å². The van der Waals surface area contributed by atoms with Crippen LogP contribution in [0, 0.1) is 11.3 Å². The summed E-state index contributed by atoms with van der Waals surface area (Å²) in [4.78, 5) is 14.7. The molecular weight excluding hydrogens is 353 g/mol. The Morgan fingerprint density at radius 3 is 2.00 bits per heavy atom. The van der Waals surface area contributed by atoms with Crippen molar-refractivity contribution in [1.29, 1.82) is 0 Å². The predicted octanol–water partition coefficient (Wildman–Crippen LogP) is 4.99. The molecular formula is C21H37F3N2O. The predicted molar refractivity (Wildman–Crippen MR) is 107 cm³/mol. The van der Waals surface area contributed by atoms with Gasteiger partial charge in [-0.05, 0) is 73.0 Å². The fourth-order valence-corrected chi connectivity index (χ4v) is 3.26. The molecule has 0 aromatic heterocycles. The van der Waals surface area contributed by atoms with Crippen molar-refractivity contribution in [2.75, 3.05) is 26.2 Å². The van der Waals surface area contributed by atoms with Crippen LogP contribution in [0.5, 0.6) is 0 Å². The molecule has 2 aliphatic heterocycles. The van der Waals surface area contributed by atoms with Gasteiger partial charge in [0.2, 0.25) is 0 Å². The molecule has 0 aromatic rings. The molecule has 0 aromatic carbocycles. The maximum atomic E-state index is 12.2. The smallest absolute Gasteiger partial charge is 0.310 e. The minimum absolute atomic E-state index is 0.00333. The van der Waals surface area contributed by atoms with Gasteiger partial charge in [-0.3, -0.25) is 4.79 Å². The van der Waals surface area contributed by atoms with Gasteiger partial charge in [-0.1, -0.05) is 25.7 Å². The zero-order chi connectivity index (χ0) is 21.3. The molecule has 6 heteroatoms. The molecule has 0 saturated carbocycles. The average molecular weight is 391 g/mol. The lowest BCUT2D eigenvalue weighted by molar-refractivity contribution is -0.137. The van der Waals surface area contributed by atoms with Gasteiger partial charge in [0.1, 0.15) is 0 Å². The number of hydrogen-bond donors (Lipinski definition) is 1. The molecule has 0 radical (unpaired) electrons. The third-order valence-electron chi connectivity index (χ3n) is 5.47. The molecule has 158 valence electrons. The van der Waals surface area contributed by atoms with E-state index in [1.165, 1.54) is 0 Å². The summed E-state index contributed by atoms with van der Waals surface area (Å²) >= 11 is 0. The van der Waals surface area contributed by atoms with Gasteiger partial charge in [0.05, 0.1) is 6.54 Å². The Morgan fingerprint density at radius 1 is 1.26 bits per heavy atom. The molecule has 2 aliphatic rings. The van der Waals surface area contributed by atoms with Crippen LogP contribution in [0.1, 0.15) is 54.4 Å². The van der Waals surface area contributed by atoms with E-state index in [0.29, 0.717) is 24.3 Å². The number of alkyl halides is 3. The minimum atomic E-state index is -4.19. The summed E-state index contributed by atoms with van der Waals surface area (Å²) in [5, 5.41) is 3.23. The van der Waals surface area contributed by atoms with Crippen molar-refractivity contribution < 1.29 is 18.0 Å². The average Bonchev–Trinajstić information content (AvgIpc) is 2.60. The zero-order valence-corrected chi connectivity index (χ0v) is 17.7. The lowest BCUT2D eigenvalue weighted by Crippen LogP contribution is -2.56. The van der Waals surface area contributed by atoms with E-state index in [1.807, 2.05) is 26.0 Å². The van der Waals surface area contributed by atoms with Crippen molar-refractivity contribution in [2.24, 2.45) is 11.3 Å². The van der Waals surface area contributed by atoms with E-state index in [-0.39, 0.29) is 5.41 Å². The van der Waals surface area contributed by atoms with Crippen LogP contribution >= 0.6 is 0 Å². The second-order valence-electron chi connectivity index (χ2n) is 7.69. The second kappa shape index (κ2) is 11.6.